The van der Waals surface area contributed by atoms with E-state index < -0.39 is 34.1 Å². The molecule has 0 spiro atoms. The second kappa shape index (κ2) is 11.0. The van der Waals surface area contributed by atoms with E-state index in [4.69, 9.17) is 0 Å². The minimum absolute atomic E-state index is 0.195. The van der Waals surface area contributed by atoms with Gasteiger partial charge >= 0.3 is 0 Å². The SMILES string of the molecule is CC[C@H](C(=O)NC(C)(C)C)N(Cc1ccccc1)C(=O)CN(c1cc(C)ccc1C)S(C)(=O)=O. The molecule has 0 aromatic heterocycles. The molecule has 2 aromatic rings. The van der Waals surface area contributed by atoms with Crippen molar-refractivity contribution in [2.24, 2.45) is 0 Å². The maximum absolute atomic E-state index is 13.7. The van der Waals surface area contributed by atoms with Crippen LogP contribution in [0.25, 0.3) is 0 Å². The van der Waals surface area contributed by atoms with Crippen LogP contribution in [0, 0.1) is 13.8 Å². The van der Waals surface area contributed by atoms with Gasteiger partial charge in [0.15, 0.2) is 0 Å². The van der Waals surface area contributed by atoms with E-state index in [9.17, 15) is 18.0 Å². The number of nitrogens with one attached hydrogen (secondary N) is 1. The van der Waals surface area contributed by atoms with Gasteiger partial charge in [-0.15, -0.1) is 0 Å². The van der Waals surface area contributed by atoms with Gasteiger partial charge in [-0.1, -0.05) is 49.4 Å². The molecule has 186 valence electrons. The number of rotatable bonds is 9. The summed E-state index contributed by atoms with van der Waals surface area (Å²) in [5.74, 6) is -0.706. The van der Waals surface area contributed by atoms with Crippen molar-refractivity contribution in [1.29, 1.82) is 0 Å². The number of carbonyl (C=O) groups is 2. The summed E-state index contributed by atoms with van der Waals surface area (Å²) < 4.78 is 26.6. The topological polar surface area (TPSA) is 86.8 Å². The van der Waals surface area contributed by atoms with E-state index in [-0.39, 0.29) is 12.5 Å². The average molecular weight is 488 g/mol. The number of hydrogen-bond acceptors (Lipinski definition) is 4. The van der Waals surface area contributed by atoms with Gasteiger partial charge in [-0.3, -0.25) is 13.9 Å². The molecular weight excluding hydrogens is 450 g/mol. The van der Waals surface area contributed by atoms with Crippen molar-refractivity contribution in [3.8, 4) is 0 Å². The zero-order valence-corrected chi connectivity index (χ0v) is 22.1. The van der Waals surface area contributed by atoms with E-state index in [0.29, 0.717) is 12.1 Å². The van der Waals surface area contributed by atoms with Gasteiger partial charge in [0.2, 0.25) is 21.8 Å². The molecule has 0 radical (unpaired) electrons. The Morgan fingerprint density at radius 3 is 2.18 bits per heavy atom. The van der Waals surface area contributed by atoms with Crippen LogP contribution >= 0.6 is 0 Å². The Hall–Kier alpha value is -2.87. The Bertz CT molecular complexity index is 1110. The quantitative estimate of drug-likeness (QED) is 0.583. The molecule has 8 heteroatoms. The van der Waals surface area contributed by atoms with Crippen LogP contribution in [-0.2, 0) is 26.2 Å². The van der Waals surface area contributed by atoms with Crippen LogP contribution < -0.4 is 9.62 Å². The number of aryl methyl sites for hydroxylation is 2. The molecule has 1 atom stereocenters. The molecule has 2 aromatic carbocycles. The molecule has 0 saturated heterocycles. The van der Waals surface area contributed by atoms with E-state index >= 15 is 0 Å². The van der Waals surface area contributed by atoms with Crippen molar-refractivity contribution < 1.29 is 18.0 Å². The van der Waals surface area contributed by atoms with Crippen molar-refractivity contribution >= 4 is 27.5 Å². The summed E-state index contributed by atoms with van der Waals surface area (Å²) >= 11 is 0. The predicted molar refractivity (Wildman–Crippen MR) is 137 cm³/mol. The Balaban J connectivity index is 2.48. The number of nitrogens with zero attached hydrogens (tertiary/aromatic N) is 2. The third-order valence-electron chi connectivity index (χ3n) is 5.39. The minimum Gasteiger partial charge on any atom is -0.350 e. The first-order valence-corrected chi connectivity index (χ1v) is 13.3. The first kappa shape index (κ1) is 27.4. The summed E-state index contributed by atoms with van der Waals surface area (Å²) in [4.78, 5) is 28.3. The van der Waals surface area contributed by atoms with Gasteiger partial charge in [-0.05, 0) is 63.8 Å². The summed E-state index contributed by atoms with van der Waals surface area (Å²) in [6.07, 6.45) is 1.48. The molecule has 2 rings (SSSR count). The highest BCUT2D eigenvalue weighted by Crippen LogP contribution is 2.25. The van der Waals surface area contributed by atoms with Gasteiger partial charge in [0.1, 0.15) is 12.6 Å². The Morgan fingerprint density at radius 1 is 1.03 bits per heavy atom. The lowest BCUT2D eigenvalue weighted by Gasteiger charge is -2.34. The van der Waals surface area contributed by atoms with Crippen LogP contribution in [0.15, 0.2) is 48.5 Å². The Kier molecular flexibility index (Phi) is 8.89. The second-order valence-corrected chi connectivity index (χ2v) is 11.6. The predicted octanol–water partition coefficient (Wildman–Crippen LogP) is 3.79. The normalized spacial score (nSPS) is 12.7. The highest BCUT2D eigenvalue weighted by Gasteiger charge is 2.33. The van der Waals surface area contributed by atoms with Crippen molar-refractivity contribution in [2.75, 3.05) is 17.1 Å². The summed E-state index contributed by atoms with van der Waals surface area (Å²) in [5, 5.41) is 2.96. The minimum atomic E-state index is -3.75. The highest BCUT2D eigenvalue weighted by molar-refractivity contribution is 7.92. The third-order valence-corrected chi connectivity index (χ3v) is 6.52. The summed E-state index contributed by atoms with van der Waals surface area (Å²) in [6, 6.07) is 14.1. The maximum Gasteiger partial charge on any atom is 0.244 e. The van der Waals surface area contributed by atoms with Crippen molar-refractivity contribution in [1.82, 2.24) is 10.2 Å². The van der Waals surface area contributed by atoms with Crippen LogP contribution in [0.1, 0.15) is 50.8 Å². The maximum atomic E-state index is 13.7. The molecular formula is C26H37N3O4S. The first-order chi connectivity index (χ1) is 15.7. The lowest BCUT2D eigenvalue weighted by atomic mass is 10.1. The average Bonchev–Trinajstić information content (AvgIpc) is 2.72. The molecule has 34 heavy (non-hydrogen) atoms. The molecule has 2 amide bonds. The first-order valence-electron chi connectivity index (χ1n) is 11.4. The number of benzene rings is 2. The van der Waals surface area contributed by atoms with Gasteiger partial charge < -0.3 is 10.2 Å². The second-order valence-electron chi connectivity index (χ2n) is 9.73. The number of carbonyl (C=O) groups excluding carboxylic acids is 2. The van der Waals surface area contributed by atoms with Crippen molar-refractivity contribution in [3.05, 3.63) is 65.2 Å². The molecule has 0 heterocycles. The number of sulfonamides is 1. The van der Waals surface area contributed by atoms with E-state index in [0.717, 1.165) is 27.3 Å². The highest BCUT2D eigenvalue weighted by atomic mass is 32.2. The molecule has 0 fully saturated rings. The van der Waals surface area contributed by atoms with E-state index in [1.54, 1.807) is 6.07 Å². The molecule has 0 aliphatic heterocycles. The van der Waals surface area contributed by atoms with E-state index in [2.05, 4.69) is 5.32 Å². The summed E-state index contributed by atoms with van der Waals surface area (Å²) in [5.41, 5.74) is 2.48. The molecule has 0 unspecified atom stereocenters. The van der Waals surface area contributed by atoms with Crippen LogP contribution in [0.3, 0.4) is 0 Å². The van der Waals surface area contributed by atoms with Gasteiger partial charge in [0.05, 0.1) is 11.9 Å². The Labute approximate surface area is 204 Å². The Morgan fingerprint density at radius 2 is 1.65 bits per heavy atom. The van der Waals surface area contributed by atoms with Gasteiger partial charge in [-0.2, -0.15) is 0 Å². The van der Waals surface area contributed by atoms with Crippen LogP contribution in [0.5, 0.6) is 0 Å². The molecule has 0 bridgehead atoms. The molecule has 0 aliphatic rings. The van der Waals surface area contributed by atoms with Gasteiger partial charge in [0, 0.05) is 12.1 Å². The van der Waals surface area contributed by atoms with Crippen LogP contribution in [0.4, 0.5) is 5.69 Å². The van der Waals surface area contributed by atoms with Crippen molar-refractivity contribution in [2.45, 2.75) is 66.1 Å². The summed E-state index contributed by atoms with van der Waals surface area (Å²) in [7, 11) is -3.75. The lowest BCUT2D eigenvalue weighted by molar-refractivity contribution is -0.141. The third kappa shape index (κ3) is 7.58. The fourth-order valence-electron chi connectivity index (χ4n) is 3.74. The van der Waals surface area contributed by atoms with Gasteiger partial charge in [0.25, 0.3) is 0 Å². The standard InChI is InChI=1S/C26H37N3O4S/c1-8-22(25(31)27-26(4,5)6)28(17-21-12-10-9-11-13-21)24(30)18-29(34(7,32)33)23-16-19(2)14-15-20(23)3/h9-16,22H,8,17-18H2,1-7H3,(H,27,31)/t22-/m1/s1. The monoisotopic (exact) mass is 487 g/mol. The molecule has 1 N–H and O–H groups in total. The number of hydrogen-bond donors (Lipinski definition) is 1. The van der Waals surface area contributed by atoms with E-state index in [1.165, 1.54) is 4.90 Å². The van der Waals surface area contributed by atoms with Crippen molar-refractivity contribution in [3.63, 3.8) is 0 Å². The van der Waals surface area contributed by atoms with Gasteiger partial charge in [-0.25, -0.2) is 8.42 Å². The smallest absolute Gasteiger partial charge is 0.244 e. The largest absolute Gasteiger partial charge is 0.350 e. The van der Waals surface area contributed by atoms with Crippen LogP contribution in [0.2, 0.25) is 0 Å². The zero-order valence-electron chi connectivity index (χ0n) is 21.3. The van der Waals surface area contributed by atoms with Crippen LogP contribution in [-0.4, -0.2) is 49.5 Å². The molecule has 0 saturated carbocycles. The fourth-order valence-corrected chi connectivity index (χ4v) is 4.63. The zero-order chi connectivity index (χ0) is 25.7. The number of amides is 2. The lowest BCUT2D eigenvalue weighted by Crippen LogP contribution is -2.55. The fraction of sp³-hybridized carbons (Fsp3) is 0.462. The molecule has 7 nitrogen and oxygen atoms in total. The number of anilines is 1. The molecule has 0 aliphatic carbocycles. The summed E-state index contributed by atoms with van der Waals surface area (Å²) in [6.45, 7) is 11.0. The van der Waals surface area contributed by atoms with E-state index in [1.807, 2.05) is 84.0 Å².